The predicted octanol–water partition coefficient (Wildman–Crippen LogP) is -0.881. The van der Waals surface area contributed by atoms with Gasteiger partial charge in [-0.05, 0) is 19.3 Å². The Morgan fingerprint density at radius 3 is 2.37 bits per heavy atom. The molecule has 0 heterocycles. The van der Waals surface area contributed by atoms with Gasteiger partial charge in [0.2, 0.25) is 5.91 Å². The zero-order valence-electron chi connectivity index (χ0n) is 11.0. The fraction of sp³-hybridized carbons (Fsp3) is 0.727. The van der Waals surface area contributed by atoms with E-state index in [4.69, 9.17) is 15.9 Å². The molecule has 19 heavy (non-hydrogen) atoms. The van der Waals surface area contributed by atoms with Crippen LogP contribution < -0.4 is 11.1 Å². The summed E-state index contributed by atoms with van der Waals surface area (Å²) in [4.78, 5) is 34.5. The Hall–Kier alpha value is -1.83. The van der Waals surface area contributed by atoms with Gasteiger partial charge in [-0.1, -0.05) is 0 Å². The van der Waals surface area contributed by atoms with Gasteiger partial charge in [0.15, 0.2) is 0 Å². The van der Waals surface area contributed by atoms with Crippen LogP contribution in [0.3, 0.4) is 0 Å². The maximum Gasteiger partial charge on any atom is 0.326 e. The highest BCUT2D eigenvalue weighted by Gasteiger charge is 2.23. The fourth-order valence-corrected chi connectivity index (χ4v) is 1.40. The van der Waals surface area contributed by atoms with Crippen LogP contribution >= 0.6 is 0 Å². The van der Waals surface area contributed by atoms with E-state index in [9.17, 15) is 14.4 Å². The predicted molar refractivity (Wildman–Crippen MR) is 67.3 cm³/mol. The molecule has 0 aromatic rings. The molecule has 8 nitrogen and oxygen atoms in total. The van der Waals surface area contributed by atoms with Crippen LogP contribution in [0.15, 0.2) is 0 Å². The van der Waals surface area contributed by atoms with E-state index in [-0.39, 0.29) is 6.61 Å². The number of carboxylic acid groups (broad SMARTS) is 1. The smallest absolute Gasteiger partial charge is 0.326 e. The fourth-order valence-electron chi connectivity index (χ4n) is 1.40. The first-order valence-electron chi connectivity index (χ1n) is 6.02. The van der Waals surface area contributed by atoms with Crippen LogP contribution in [0.25, 0.3) is 0 Å². The van der Waals surface area contributed by atoms with Crippen LogP contribution in [0.4, 0.5) is 4.79 Å². The molecule has 0 aromatic carbocycles. The van der Waals surface area contributed by atoms with Crippen molar-refractivity contribution in [2.75, 3.05) is 20.2 Å². The number of nitrogens with two attached hydrogens (primary N) is 1. The van der Waals surface area contributed by atoms with Crippen molar-refractivity contribution in [2.45, 2.75) is 31.7 Å². The van der Waals surface area contributed by atoms with Crippen molar-refractivity contribution in [1.29, 1.82) is 0 Å². The Morgan fingerprint density at radius 2 is 1.89 bits per heavy atom. The molecule has 0 spiro atoms. The zero-order valence-corrected chi connectivity index (χ0v) is 11.0. The molecule has 0 aliphatic rings. The summed E-state index contributed by atoms with van der Waals surface area (Å²) in [6, 6.07) is -1.89. The van der Waals surface area contributed by atoms with E-state index >= 15 is 0 Å². The van der Waals surface area contributed by atoms with Gasteiger partial charge in [-0.2, -0.15) is 0 Å². The second-order valence-corrected chi connectivity index (χ2v) is 4.22. The van der Waals surface area contributed by atoms with Crippen LogP contribution in [0.2, 0.25) is 0 Å². The maximum atomic E-state index is 11.7. The first-order valence-corrected chi connectivity index (χ1v) is 6.02. The Balaban J connectivity index is 4.16. The van der Waals surface area contributed by atoms with Crippen LogP contribution in [-0.4, -0.2) is 59.3 Å². The third kappa shape index (κ3) is 7.98. The number of nitrogens with one attached hydrogen (secondary N) is 1. The van der Waals surface area contributed by atoms with Gasteiger partial charge in [0.05, 0.1) is 6.42 Å². The van der Waals surface area contributed by atoms with E-state index in [2.05, 4.69) is 5.32 Å². The van der Waals surface area contributed by atoms with Gasteiger partial charge < -0.3 is 26.2 Å². The van der Waals surface area contributed by atoms with Crippen molar-refractivity contribution in [2.24, 2.45) is 5.73 Å². The molecule has 8 heteroatoms. The zero-order chi connectivity index (χ0) is 14.8. The van der Waals surface area contributed by atoms with Gasteiger partial charge >= 0.3 is 12.0 Å². The molecule has 0 aliphatic heterocycles. The molecule has 5 N–H and O–H groups in total. The molecule has 110 valence electrons. The summed E-state index contributed by atoms with van der Waals surface area (Å²) in [5, 5.41) is 19.7. The van der Waals surface area contributed by atoms with Gasteiger partial charge in [0, 0.05) is 20.2 Å². The van der Waals surface area contributed by atoms with Crippen molar-refractivity contribution in [3.63, 3.8) is 0 Å². The highest BCUT2D eigenvalue weighted by molar-refractivity contribution is 5.87. The molecule has 3 amide bonds. The largest absolute Gasteiger partial charge is 0.480 e. The lowest BCUT2D eigenvalue weighted by molar-refractivity contribution is -0.140. The molecule has 0 radical (unpaired) electrons. The van der Waals surface area contributed by atoms with E-state index in [1.165, 1.54) is 11.9 Å². The van der Waals surface area contributed by atoms with Gasteiger partial charge in [-0.3, -0.25) is 4.79 Å². The third-order valence-corrected chi connectivity index (χ3v) is 2.50. The average molecular weight is 275 g/mol. The Bertz CT molecular complexity index is 321. The van der Waals surface area contributed by atoms with E-state index < -0.39 is 30.4 Å². The molecular formula is C11H21N3O5. The van der Waals surface area contributed by atoms with E-state index in [0.29, 0.717) is 19.4 Å². The number of aliphatic hydroxyl groups is 1. The number of hydrogen-bond donors (Lipinski definition) is 4. The van der Waals surface area contributed by atoms with Gasteiger partial charge in [0.1, 0.15) is 6.04 Å². The van der Waals surface area contributed by atoms with Crippen LogP contribution in [0, 0.1) is 0 Å². The van der Waals surface area contributed by atoms with Crippen molar-refractivity contribution in [3.8, 4) is 0 Å². The minimum atomic E-state index is -1.31. The number of carbonyl (C=O) groups is 3. The molecule has 0 aromatic heterocycles. The molecule has 0 saturated heterocycles. The van der Waals surface area contributed by atoms with Crippen LogP contribution in [0.5, 0.6) is 0 Å². The maximum absolute atomic E-state index is 11.7. The summed E-state index contributed by atoms with van der Waals surface area (Å²) < 4.78 is 0. The van der Waals surface area contributed by atoms with Crippen molar-refractivity contribution >= 4 is 17.9 Å². The normalized spacial score (nSPS) is 11.7. The number of hydrogen-bond acceptors (Lipinski definition) is 4. The quantitative estimate of drug-likeness (QED) is 0.405. The van der Waals surface area contributed by atoms with E-state index in [0.717, 1.165) is 6.42 Å². The summed E-state index contributed by atoms with van der Waals surface area (Å²) in [7, 11) is 1.53. The number of urea groups is 1. The third-order valence-electron chi connectivity index (χ3n) is 2.50. The lowest BCUT2D eigenvalue weighted by Gasteiger charge is -2.20. The first-order chi connectivity index (χ1) is 8.88. The number of unbranched alkanes of at least 4 members (excludes halogenated alkanes) is 2. The minimum absolute atomic E-state index is 0.107. The lowest BCUT2D eigenvalue weighted by atomic mass is 10.2. The summed E-state index contributed by atoms with van der Waals surface area (Å²) in [5.41, 5.74) is 4.91. The second-order valence-electron chi connectivity index (χ2n) is 4.22. The van der Waals surface area contributed by atoms with Crippen LogP contribution in [0.1, 0.15) is 25.7 Å². The number of rotatable bonds is 9. The lowest BCUT2D eigenvalue weighted by Crippen LogP contribution is -2.48. The standard InChI is InChI=1S/C11H21N3O5/c1-14(5-3-2-4-6-15)11(19)13-8(10(17)18)7-9(12)16/h8,15H,2-7H2,1H3,(H2,12,16)(H,13,19)(H,17,18). The summed E-state index contributed by atoms with van der Waals surface area (Å²) in [5.74, 6) is -2.10. The van der Waals surface area contributed by atoms with Crippen molar-refractivity contribution in [1.82, 2.24) is 10.2 Å². The van der Waals surface area contributed by atoms with E-state index in [1.807, 2.05) is 0 Å². The minimum Gasteiger partial charge on any atom is -0.480 e. The summed E-state index contributed by atoms with van der Waals surface area (Å²) >= 11 is 0. The molecule has 0 aliphatic carbocycles. The highest BCUT2D eigenvalue weighted by Crippen LogP contribution is 1.99. The number of carboxylic acids is 1. The molecule has 0 bridgehead atoms. The summed E-state index contributed by atoms with van der Waals surface area (Å²) in [6.07, 6.45) is 1.70. The number of aliphatic carboxylic acids is 1. The Labute approximate surface area is 111 Å². The molecule has 0 saturated carbocycles. The first kappa shape index (κ1) is 17.2. The van der Waals surface area contributed by atoms with Crippen molar-refractivity contribution in [3.05, 3.63) is 0 Å². The Morgan fingerprint density at radius 1 is 1.26 bits per heavy atom. The number of primary amides is 1. The number of aliphatic hydroxyl groups excluding tert-OH is 1. The van der Waals surface area contributed by atoms with Crippen molar-refractivity contribution < 1.29 is 24.6 Å². The monoisotopic (exact) mass is 275 g/mol. The molecule has 1 atom stereocenters. The molecule has 0 fully saturated rings. The average Bonchev–Trinajstić information content (AvgIpc) is 2.32. The van der Waals surface area contributed by atoms with Gasteiger partial charge in [-0.25, -0.2) is 9.59 Å². The summed E-state index contributed by atoms with van der Waals surface area (Å²) in [6.45, 7) is 0.546. The SMILES string of the molecule is CN(CCCCCO)C(=O)NC(CC(N)=O)C(=O)O. The Kier molecular flexibility index (Phi) is 8.27. The second kappa shape index (κ2) is 9.15. The van der Waals surface area contributed by atoms with E-state index in [1.54, 1.807) is 0 Å². The topological polar surface area (TPSA) is 133 Å². The molecule has 1 unspecified atom stereocenters. The van der Waals surface area contributed by atoms with Crippen LogP contribution in [-0.2, 0) is 9.59 Å². The molecular weight excluding hydrogens is 254 g/mol. The number of nitrogens with zero attached hydrogens (tertiary/aromatic N) is 1. The van der Waals surface area contributed by atoms with Gasteiger partial charge in [0.25, 0.3) is 0 Å². The number of amides is 3. The molecule has 0 rings (SSSR count). The van der Waals surface area contributed by atoms with Gasteiger partial charge in [-0.15, -0.1) is 0 Å². The number of carbonyl (C=O) groups excluding carboxylic acids is 2. The highest BCUT2D eigenvalue weighted by atomic mass is 16.4.